The van der Waals surface area contributed by atoms with Crippen LogP contribution in [-0.2, 0) is 20.5 Å². The van der Waals surface area contributed by atoms with Gasteiger partial charge in [-0.15, -0.1) is 0 Å². The monoisotopic (exact) mass is 423 g/mol. The lowest BCUT2D eigenvalue weighted by molar-refractivity contribution is -0.153. The van der Waals surface area contributed by atoms with Gasteiger partial charge in [0.05, 0.1) is 13.2 Å². The van der Waals surface area contributed by atoms with E-state index >= 15 is 0 Å². The zero-order valence-electron chi connectivity index (χ0n) is 18.4. The SMILES string of the molecule is COC(=O)[C@]1(C#N)[C@@H](C(C)(c2ccccc2)c2ccccc2)N=N[C@]1(C)c1ccccc1. The van der Waals surface area contributed by atoms with Gasteiger partial charge in [0.2, 0.25) is 5.41 Å². The Bertz CT molecular complexity index is 1130. The van der Waals surface area contributed by atoms with Gasteiger partial charge >= 0.3 is 5.97 Å². The van der Waals surface area contributed by atoms with Crippen LogP contribution in [0.5, 0.6) is 0 Å². The Balaban J connectivity index is 2.03. The highest BCUT2D eigenvalue weighted by molar-refractivity contribution is 5.85. The average Bonchev–Trinajstić information content (AvgIpc) is 3.19. The maximum Gasteiger partial charge on any atom is 0.331 e. The maximum absolute atomic E-state index is 13.5. The van der Waals surface area contributed by atoms with E-state index in [-0.39, 0.29) is 0 Å². The second kappa shape index (κ2) is 8.05. The molecule has 0 unspecified atom stereocenters. The molecule has 0 saturated heterocycles. The Labute approximate surface area is 188 Å². The van der Waals surface area contributed by atoms with Crippen LogP contribution in [0.1, 0.15) is 30.5 Å². The van der Waals surface area contributed by atoms with Gasteiger partial charge < -0.3 is 4.74 Å². The van der Waals surface area contributed by atoms with Gasteiger partial charge in [0.25, 0.3) is 0 Å². The second-order valence-electron chi connectivity index (χ2n) is 8.40. The van der Waals surface area contributed by atoms with Crippen LogP contribution in [0.4, 0.5) is 0 Å². The van der Waals surface area contributed by atoms with Crippen molar-refractivity contribution in [3.63, 3.8) is 0 Å². The summed E-state index contributed by atoms with van der Waals surface area (Å²) in [6.45, 7) is 3.81. The van der Waals surface area contributed by atoms with Gasteiger partial charge in [-0.1, -0.05) is 91.0 Å². The van der Waals surface area contributed by atoms with Crippen LogP contribution < -0.4 is 0 Å². The molecule has 1 aliphatic rings. The van der Waals surface area contributed by atoms with E-state index < -0.39 is 28.4 Å². The predicted octanol–water partition coefficient (Wildman–Crippen LogP) is 5.43. The average molecular weight is 424 g/mol. The number of nitrogens with zero attached hydrogens (tertiary/aromatic N) is 3. The van der Waals surface area contributed by atoms with Crippen molar-refractivity contribution in [2.45, 2.75) is 30.8 Å². The van der Waals surface area contributed by atoms with Gasteiger partial charge in [-0.2, -0.15) is 15.5 Å². The topological polar surface area (TPSA) is 74.8 Å². The molecule has 0 spiro atoms. The lowest BCUT2D eigenvalue weighted by Gasteiger charge is -2.43. The molecule has 1 aliphatic heterocycles. The molecule has 32 heavy (non-hydrogen) atoms. The summed E-state index contributed by atoms with van der Waals surface area (Å²) in [6.07, 6.45) is 0. The van der Waals surface area contributed by atoms with Crippen molar-refractivity contribution >= 4 is 5.97 Å². The molecule has 0 bridgehead atoms. The molecule has 5 heteroatoms. The van der Waals surface area contributed by atoms with Crippen LogP contribution in [0, 0.1) is 16.7 Å². The third-order valence-electron chi connectivity index (χ3n) is 6.86. The van der Waals surface area contributed by atoms with Crippen molar-refractivity contribution in [1.82, 2.24) is 0 Å². The van der Waals surface area contributed by atoms with Crippen molar-refractivity contribution < 1.29 is 9.53 Å². The van der Waals surface area contributed by atoms with Crippen molar-refractivity contribution in [3.05, 3.63) is 108 Å². The fourth-order valence-corrected chi connectivity index (χ4v) is 4.94. The molecule has 5 nitrogen and oxygen atoms in total. The molecule has 0 amide bonds. The number of hydrogen-bond donors (Lipinski definition) is 0. The molecular formula is C27H25N3O2. The van der Waals surface area contributed by atoms with E-state index in [9.17, 15) is 10.1 Å². The van der Waals surface area contributed by atoms with Crippen LogP contribution in [0.15, 0.2) is 101 Å². The zero-order valence-corrected chi connectivity index (χ0v) is 18.4. The number of hydrogen-bond acceptors (Lipinski definition) is 5. The summed E-state index contributed by atoms with van der Waals surface area (Å²) in [7, 11) is 1.31. The quantitative estimate of drug-likeness (QED) is 0.514. The molecule has 3 atom stereocenters. The second-order valence-corrected chi connectivity index (χ2v) is 8.40. The van der Waals surface area contributed by atoms with Crippen molar-refractivity contribution in [3.8, 4) is 6.07 Å². The number of rotatable bonds is 5. The smallest absolute Gasteiger partial charge is 0.331 e. The van der Waals surface area contributed by atoms with Gasteiger partial charge in [0.15, 0.2) is 0 Å². The molecule has 0 N–H and O–H groups in total. The summed E-state index contributed by atoms with van der Waals surface area (Å²) in [5.41, 5.74) is -1.09. The molecule has 0 radical (unpaired) electrons. The van der Waals surface area contributed by atoms with Crippen LogP contribution in [0.3, 0.4) is 0 Å². The van der Waals surface area contributed by atoms with Crippen LogP contribution in [0.2, 0.25) is 0 Å². The fraction of sp³-hybridized carbons (Fsp3) is 0.259. The number of carbonyl (C=O) groups excluding carboxylic acids is 1. The first-order valence-electron chi connectivity index (χ1n) is 10.5. The molecule has 0 saturated carbocycles. The molecule has 3 aromatic rings. The predicted molar refractivity (Wildman–Crippen MR) is 122 cm³/mol. The number of azo groups is 1. The van der Waals surface area contributed by atoms with E-state index in [4.69, 9.17) is 4.74 Å². The number of ether oxygens (including phenoxy) is 1. The normalized spacial score (nSPS) is 24.6. The van der Waals surface area contributed by atoms with Gasteiger partial charge in [-0.3, -0.25) is 4.79 Å². The third-order valence-corrected chi connectivity index (χ3v) is 6.86. The fourth-order valence-electron chi connectivity index (χ4n) is 4.94. The molecule has 0 aromatic heterocycles. The van der Waals surface area contributed by atoms with Crippen LogP contribution >= 0.6 is 0 Å². The van der Waals surface area contributed by atoms with Crippen molar-refractivity contribution in [2.24, 2.45) is 15.6 Å². The zero-order chi connectivity index (χ0) is 22.8. The highest BCUT2D eigenvalue weighted by Crippen LogP contribution is 2.58. The minimum atomic E-state index is -1.68. The molecule has 4 rings (SSSR count). The Morgan fingerprint density at radius 1 is 0.938 bits per heavy atom. The molecule has 3 aromatic carbocycles. The van der Waals surface area contributed by atoms with Crippen LogP contribution in [0.25, 0.3) is 0 Å². The number of esters is 1. The molecule has 0 fully saturated rings. The van der Waals surface area contributed by atoms with Gasteiger partial charge in [0, 0.05) is 5.41 Å². The summed E-state index contributed by atoms with van der Waals surface area (Å²) < 4.78 is 5.26. The van der Waals surface area contributed by atoms with Crippen molar-refractivity contribution in [1.29, 1.82) is 5.26 Å². The Kier molecular flexibility index (Phi) is 5.40. The minimum Gasteiger partial charge on any atom is -0.468 e. The highest BCUT2D eigenvalue weighted by Gasteiger charge is 2.70. The van der Waals surface area contributed by atoms with Crippen molar-refractivity contribution in [2.75, 3.05) is 7.11 Å². The molecule has 160 valence electrons. The number of methoxy groups -OCH3 is 1. The Morgan fingerprint density at radius 3 is 1.84 bits per heavy atom. The van der Waals surface area contributed by atoms with Crippen LogP contribution in [-0.4, -0.2) is 19.1 Å². The summed E-state index contributed by atoms with van der Waals surface area (Å²) in [5.74, 6) is -0.639. The van der Waals surface area contributed by atoms with Gasteiger partial charge in [-0.25, -0.2) is 0 Å². The number of nitriles is 1. The maximum atomic E-state index is 13.5. The first kappa shape index (κ1) is 21.5. The number of carbonyl (C=O) groups is 1. The minimum absolute atomic E-state index is 0.639. The van der Waals surface area contributed by atoms with Gasteiger partial charge in [0.1, 0.15) is 11.6 Å². The Morgan fingerprint density at radius 2 is 1.41 bits per heavy atom. The molecule has 1 heterocycles. The lowest BCUT2D eigenvalue weighted by Crippen LogP contribution is -2.57. The van der Waals surface area contributed by atoms with E-state index in [2.05, 4.69) is 16.3 Å². The number of benzene rings is 3. The van der Waals surface area contributed by atoms with E-state index in [0.29, 0.717) is 0 Å². The first-order valence-corrected chi connectivity index (χ1v) is 10.5. The lowest BCUT2D eigenvalue weighted by atomic mass is 9.56. The largest absolute Gasteiger partial charge is 0.468 e. The molecular weight excluding hydrogens is 398 g/mol. The summed E-state index contributed by atoms with van der Waals surface area (Å²) in [4.78, 5) is 13.5. The third kappa shape index (κ3) is 2.87. The highest BCUT2D eigenvalue weighted by atomic mass is 16.5. The first-order chi connectivity index (χ1) is 15.4. The molecule has 0 aliphatic carbocycles. The van der Waals surface area contributed by atoms with E-state index in [1.807, 2.05) is 97.9 Å². The standard InChI is InChI=1S/C27H25N3O2/c1-25(20-13-7-4-8-14-20,21-15-9-5-10-16-21)23-27(19-28,24(31)32-3)26(2,30-29-23)22-17-11-6-12-18-22/h4-18,23H,1-3H3/t23-,26-,27+/m1/s1. The van der Waals surface area contributed by atoms with E-state index in [0.717, 1.165) is 16.7 Å². The van der Waals surface area contributed by atoms with E-state index in [1.165, 1.54) is 7.11 Å². The van der Waals surface area contributed by atoms with E-state index in [1.54, 1.807) is 6.92 Å². The Hall–Kier alpha value is -3.78. The van der Waals surface area contributed by atoms with Gasteiger partial charge in [-0.05, 0) is 30.5 Å². The summed E-state index contributed by atoms with van der Waals surface area (Å²) in [5, 5.41) is 20.0. The summed E-state index contributed by atoms with van der Waals surface area (Å²) in [6, 6.07) is 30.6. The summed E-state index contributed by atoms with van der Waals surface area (Å²) >= 11 is 0.